The van der Waals surface area contributed by atoms with Gasteiger partial charge in [-0.1, -0.05) is 12.1 Å². The van der Waals surface area contributed by atoms with E-state index in [2.05, 4.69) is 14.9 Å². The van der Waals surface area contributed by atoms with Crippen LogP contribution in [-0.2, 0) is 0 Å². The van der Waals surface area contributed by atoms with E-state index in [0.29, 0.717) is 0 Å². The van der Waals surface area contributed by atoms with Crippen LogP contribution in [0.3, 0.4) is 0 Å². The summed E-state index contributed by atoms with van der Waals surface area (Å²) >= 11 is 0. The summed E-state index contributed by atoms with van der Waals surface area (Å²) in [7, 11) is 0. The fourth-order valence-electron chi connectivity index (χ4n) is 2.10. The van der Waals surface area contributed by atoms with E-state index in [9.17, 15) is 0 Å². The van der Waals surface area contributed by atoms with Crippen molar-refractivity contribution in [3.8, 4) is 0 Å². The highest BCUT2D eigenvalue weighted by Crippen LogP contribution is 2.19. The van der Waals surface area contributed by atoms with Crippen LogP contribution in [0.15, 0.2) is 30.5 Å². The molecule has 0 spiro atoms. The van der Waals surface area contributed by atoms with Crippen LogP contribution in [0.25, 0.3) is 11.0 Å². The molecule has 0 amide bonds. The molecule has 0 radical (unpaired) electrons. The highest BCUT2D eigenvalue weighted by Gasteiger charge is 2.20. The third-order valence-electron chi connectivity index (χ3n) is 2.98. The quantitative estimate of drug-likeness (QED) is 0.774. The van der Waals surface area contributed by atoms with Gasteiger partial charge in [0.05, 0.1) is 17.2 Å². The minimum atomic E-state index is 0.272. The molecule has 3 rings (SSSR count). The fourth-order valence-corrected chi connectivity index (χ4v) is 2.10. The Morgan fingerprint density at radius 2 is 2.06 bits per heavy atom. The first-order chi connectivity index (χ1) is 7.83. The van der Waals surface area contributed by atoms with Gasteiger partial charge in [0, 0.05) is 19.1 Å². The van der Waals surface area contributed by atoms with Crippen molar-refractivity contribution >= 4 is 16.9 Å². The Bertz CT molecular complexity index is 511. The molecule has 1 aliphatic heterocycles. The number of rotatable bonds is 1. The van der Waals surface area contributed by atoms with Crippen LogP contribution in [0, 0.1) is 0 Å². The second-order valence-corrected chi connectivity index (χ2v) is 4.21. The van der Waals surface area contributed by atoms with E-state index >= 15 is 0 Å². The maximum Gasteiger partial charge on any atom is 0.147 e. The molecule has 1 atom stereocenters. The molecule has 2 N–H and O–H groups in total. The first kappa shape index (κ1) is 9.54. The molecule has 2 heterocycles. The highest BCUT2D eigenvalue weighted by atomic mass is 15.2. The summed E-state index contributed by atoms with van der Waals surface area (Å²) < 4.78 is 0. The van der Waals surface area contributed by atoms with Gasteiger partial charge in [-0.25, -0.2) is 4.98 Å². The smallest absolute Gasteiger partial charge is 0.147 e. The second-order valence-electron chi connectivity index (χ2n) is 4.21. The van der Waals surface area contributed by atoms with Crippen molar-refractivity contribution in [2.75, 3.05) is 18.0 Å². The molecule has 2 aromatic rings. The van der Waals surface area contributed by atoms with Gasteiger partial charge >= 0.3 is 0 Å². The van der Waals surface area contributed by atoms with Gasteiger partial charge < -0.3 is 10.6 Å². The van der Waals surface area contributed by atoms with Crippen molar-refractivity contribution in [3.63, 3.8) is 0 Å². The van der Waals surface area contributed by atoms with Gasteiger partial charge in [0.15, 0.2) is 0 Å². The van der Waals surface area contributed by atoms with Crippen molar-refractivity contribution in [2.45, 2.75) is 12.5 Å². The van der Waals surface area contributed by atoms with E-state index in [0.717, 1.165) is 36.4 Å². The number of benzene rings is 1. The maximum absolute atomic E-state index is 5.89. The van der Waals surface area contributed by atoms with Gasteiger partial charge in [-0.3, -0.25) is 4.98 Å². The van der Waals surface area contributed by atoms with Crippen LogP contribution >= 0.6 is 0 Å². The molecule has 1 aromatic carbocycles. The number of anilines is 1. The summed E-state index contributed by atoms with van der Waals surface area (Å²) in [4.78, 5) is 11.2. The van der Waals surface area contributed by atoms with Crippen LogP contribution in [0.1, 0.15) is 6.42 Å². The molecule has 4 nitrogen and oxygen atoms in total. The minimum absolute atomic E-state index is 0.272. The largest absolute Gasteiger partial charge is 0.354 e. The molecule has 1 aromatic heterocycles. The molecule has 0 unspecified atom stereocenters. The average Bonchev–Trinajstić information content (AvgIpc) is 2.75. The van der Waals surface area contributed by atoms with Crippen LogP contribution < -0.4 is 10.6 Å². The number of para-hydroxylation sites is 2. The first-order valence-electron chi connectivity index (χ1n) is 5.55. The van der Waals surface area contributed by atoms with Gasteiger partial charge in [0.25, 0.3) is 0 Å². The third kappa shape index (κ3) is 1.61. The Hall–Kier alpha value is -1.68. The van der Waals surface area contributed by atoms with E-state index in [1.165, 1.54) is 0 Å². The van der Waals surface area contributed by atoms with Crippen LogP contribution in [-0.4, -0.2) is 29.1 Å². The topological polar surface area (TPSA) is 55.0 Å². The number of nitrogens with two attached hydrogens (primary N) is 1. The predicted octanol–water partition coefficient (Wildman–Crippen LogP) is 1.17. The molecule has 82 valence electrons. The number of hydrogen-bond acceptors (Lipinski definition) is 4. The van der Waals surface area contributed by atoms with Gasteiger partial charge in [0.2, 0.25) is 0 Å². The van der Waals surface area contributed by atoms with Crippen LogP contribution in [0.4, 0.5) is 5.82 Å². The van der Waals surface area contributed by atoms with Crippen molar-refractivity contribution in [1.82, 2.24) is 9.97 Å². The van der Waals surface area contributed by atoms with Crippen molar-refractivity contribution < 1.29 is 0 Å². The number of fused-ring (bicyclic) bond motifs is 1. The molecule has 1 fully saturated rings. The Kier molecular flexibility index (Phi) is 2.22. The molecule has 0 aliphatic carbocycles. The van der Waals surface area contributed by atoms with Crippen LogP contribution in [0.5, 0.6) is 0 Å². The number of nitrogens with zero attached hydrogens (tertiary/aromatic N) is 3. The van der Waals surface area contributed by atoms with E-state index in [-0.39, 0.29) is 6.04 Å². The minimum Gasteiger partial charge on any atom is -0.354 e. The van der Waals surface area contributed by atoms with Gasteiger partial charge in [-0.05, 0) is 18.6 Å². The standard InChI is InChI=1S/C12H14N4/c13-9-5-6-16(8-9)12-7-14-10-3-1-2-4-11(10)15-12/h1-4,7,9H,5-6,8,13H2/t9-/m1/s1. The number of hydrogen-bond donors (Lipinski definition) is 1. The zero-order valence-corrected chi connectivity index (χ0v) is 9.00. The summed E-state index contributed by atoms with van der Waals surface area (Å²) in [6.07, 6.45) is 2.87. The lowest BCUT2D eigenvalue weighted by Crippen LogP contribution is -2.26. The monoisotopic (exact) mass is 214 g/mol. The lowest BCUT2D eigenvalue weighted by molar-refractivity contribution is 0.751. The summed E-state index contributed by atoms with van der Waals surface area (Å²) in [5.41, 5.74) is 7.77. The molecular weight excluding hydrogens is 200 g/mol. The summed E-state index contributed by atoms with van der Waals surface area (Å²) in [5.74, 6) is 0.937. The zero-order chi connectivity index (χ0) is 11.0. The van der Waals surface area contributed by atoms with E-state index in [1.54, 1.807) is 0 Å². The van der Waals surface area contributed by atoms with E-state index < -0.39 is 0 Å². The molecule has 1 saturated heterocycles. The van der Waals surface area contributed by atoms with Crippen molar-refractivity contribution in [2.24, 2.45) is 5.73 Å². The number of aromatic nitrogens is 2. The maximum atomic E-state index is 5.89. The Balaban J connectivity index is 1.99. The Morgan fingerprint density at radius 1 is 1.25 bits per heavy atom. The van der Waals surface area contributed by atoms with E-state index in [1.807, 2.05) is 30.5 Å². The SMILES string of the molecule is N[C@@H]1CCN(c2cnc3ccccc3n2)C1. The van der Waals surface area contributed by atoms with Crippen molar-refractivity contribution in [1.29, 1.82) is 0 Å². The molecule has 4 heteroatoms. The fraction of sp³-hybridized carbons (Fsp3) is 0.333. The molecule has 0 bridgehead atoms. The van der Waals surface area contributed by atoms with Gasteiger partial charge in [-0.15, -0.1) is 0 Å². The first-order valence-corrected chi connectivity index (χ1v) is 5.55. The average molecular weight is 214 g/mol. The molecular formula is C12H14N4. The van der Waals surface area contributed by atoms with E-state index in [4.69, 9.17) is 5.73 Å². The Labute approximate surface area is 94.1 Å². The molecule has 1 aliphatic rings. The Morgan fingerprint density at radius 3 is 2.81 bits per heavy atom. The zero-order valence-electron chi connectivity index (χ0n) is 9.00. The highest BCUT2D eigenvalue weighted by molar-refractivity contribution is 5.75. The second kappa shape index (κ2) is 3.72. The summed E-state index contributed by atoms with van der Waals surface area (Å²) in [5, 5.41) is 0. The summed E-state index contributed by atoms with van der Waals surface area (Å²) in [6.45, 7) is 1.86. The predicted molar refractivity (Wildman–Crippen MR) is 64.3 cm³/mol. The molecule has 0 saturated carbocycles. The lowest BCUT2D eigenvalue weighted by Gasteiger charge is -2.16. The van der Waals surface area contributed by atoms with Crippen molar-refractivity contribution in [3.05, 3.63) is 30.5 Å². The summed E-state index contributed by atoms with van der Waals surface area (Å²) in [6, 6.07) is 8.19. The lowest BCUT2D eigenvalue weighted by atomic mass is 10.3. The van der Waals surface area contributed by atoms with Gasteiger partial charge in [-0.2, -0.15) is 0 Å². The normalized spacial score (nSPS) is 20.6. The van der Waals surface area contributed by atoms with Gasteiger partial charge in [0.1, 0.15) is 5.82 Å². The van der Waals surface area contributed by atoms with Crippen LogP contribution in [0.2, 0.25) is 0 Å². The third-order valence-corrected chi connectivity index (χ3v) is 2.98. The molecule has 16 heavy (non-hydrogen) atoms.